The molecule has 2 aromatic carbocycles. The normalized spacial score (nSPS) is 14.6. The summed E-state index contributed by atoms with van der Waals surface area (Å²) in [6.07, 6.45) is 3.43. The highest BCUT2D eigenvalue weighted by Crippen LogP contribution is 2.30. The average molecular weight is 336 g/mol. The molecule has 1 aliphatic carbocycles. The summed E-state index contributed by atoms with van der Waals surface area (Å²) in [7, 11) is 1.87. The number of fused-ring (bicyclic) bond motifs is 2. The standard InChI is InChI=1S/C20H20N2OS/c1-13(19-21-17-8-3-4-9-18(17)24-19)22(2)20(23)16-11-10-14-6-5-7-15(14)12-16/h3-4,8-13H,5-7H2,1-2H3/t13-/m1/s1. The molecule has 4 rings (SSSR count). The summed E-state index contributed by atoms with van der Waals surface area (Å²) in [5.41, 5.74) is 4.52. The van der Waals surface area contributed by atoms with Crippen molar-refractivity contribution >= 4 is 27.5 Å². The summed E-state index contributed by atoms with van der Waals surface area (Å²) in [5.74, 6) is 0.0662. The van der Waals surface area contributed by atoms with Crippen LogP contribution in [0.15, 0.2) is 42.5 Å². The number of rotatable bonds is 3. The van der Waals surface area contributed by atoms with E-state index in [1.165, 1.54) is 17.5 Å². The van der Waals surface area contributed by atoms with Gasteiger partial charge < -0.3 is 4.90 Å². The van der Waals surface area contributed by atoms with Gasteiger partial charge in [-0.1, -0.05) is 18.2 Å². The fourth-order valence-electron chi connectivity index (χ4n) is 3.32. The van der Waals surface area contributed by atoms with Crippen molar-refractivity contribution in [3.8, 4) is 0 Å². The smallest absolute Gasteiger partial charge is 0.254 e. The number of thiazole rings is 1. The SMILES string of the molecule is C[C@H](c1nc2ccccc2s1)N(C)C(=O)c1ccc2c(c1)CCC2. The zero-order valence-electron chi connectivity index (χ0n) is 14.0. The van der Waals surface area contributed by atoms with E-state index < -0.39 is 0 Å². The van der Waals surface area contributed by atoms with E-state index in [1.54, 1.807) is 16.2 Å². The molecule has 3 nitrogen and oxygen atoms in total. The van der Waals surface area contributed by atoms with Crippen molar-refractivity contribution in [1.29, 1.82) is 0 Å². The van der Waals surface area contributed by atoms with Gasteiger partial charge in [-0.05, 0) is 61.6 Å². The first kappa shape index (κ1) is 15.3. The largest absolute Gasteiger partial charge is 0.333 e. The van der Waals surface area contributed by atoms with E-state index in [-0.39, 0.29) is 11.9 Å². The van der Waals surface area contributed by atoms with Gasteiger partial charge in [-0.2, -0.15) is 0 Å². The summed E-state index contributed by atoms with van der Waals surface area (Å²) in [6, 6.07) is 14.2. The van der Waals surface area contributed by atoms with Crippen LogP contribution in [0, 0.1) is 0 Å². The molecule has 122 valence electrons. The Hall–Kier alpha value is -2.20. The molecule has 0 fully saturated rings. The number of hydrogen-bond donors (Lipinski definition) is 0. The third kappa shape index (κ3) is 2.61. The van der Waals surface area contributed by atoms with Crippen molar-refractivity contribution in [2.24, 2.45) is 0 Å². The summed E-state index contributed by atoms with van der Waals surface area (Å²) in [6.45, 7) is 2.04. The van der Waals surface area contributed by atoms with Crippen LogP contribution < -0.4 is 0 Å². The number of amides is 1. The first-order valence-electron chi connectivity index (χ1n) is 8.38. The zero-order chi connectivity index (χ0) is 16.7. The van der Waals surface area contributed by atoms with Crippen molar-refractivity contribution in [2.75, 3.05) is 7.05 Å². The minimum atomic E-state index is -0.0387. The second kappa shape index (κ2) is 6.02. The van der Waals surface area contributed by atoms with Crippen molar-refractivity contribution in [3.05, 3.63) is 64.2 Å². The maximum Gasteiger partial charge on any atom is 0.254 e. The maximum atomic E-state index is 12.9. The second-order valence-corrected chi connectivity index (χ2v) is 7.51. The minimum Gasteiger partial charge on any atom is -0.333 e. The predicted octanol–water partition coefficient (Wildman–Crippen LogP) is 4.62. The molecule has 0 unspecified atom stereocenters. The van der Waals surface area contributed by atoms with Crippen molar-refractivity contribution in [1.82, 2.24) is 9.88 Å². The lowest BCUT2D eigenvalue weighted by atomic mass is 10.1. The Balaban J connectivity index is 1.59. The molecule has 0 spiro atoms. The van der Waals surface area contributed by atoms with Gasteiger partial charge in [0.05, 0.1) is 16.3 Å². The van der Waals surface area contributed by atoms with Gasteiger partial charge in [-0.3, -0.25) is 4.79 Å². The quantitative estimate of drug-likeness (QED) is 0.699. The Morgan fingerprint density at radius 1 is 1.17 bits per heavy atom. The third-order valence-corrected chi connectivity index (χ3v) is 6.12. The molecule has 0 aliphatic heterocycles. The van der Waals surface area contributed by atoms with Gasteiger partial charge in [0.25, 0.3) is 5.91 Å². The molecule has 0 N–H and O–H groups in total. The third-order valence-electron chi connectivity index (χ3n) is 4.91. The van der Waals surface area contributed by atoms with E-state index in [0.717, 1.165) is 33.6 Å². The molecule has 1 amide bonds. The monoisotopic (exact) mass is 336 g/mol. The van der Waals surface area contributed by atoms with Gasteiger partial charge in [0, 0.05) is 12.6 Å². The van der Waals surface area contributed by atoms with Crippen LogP contribution in [0.1, 0.15) is 45.9 Å². The van der Waals surface area contributed by atoms with Gasteiger partial charge in [0.1, 0.15) is 5.01 Å². The molecule has 3 aromatic rings. The predicted molar refractivity (Wildman–Crippen MR) is 98.6 cm³/mol. The highest BCUT2D eigenvalue weighted by atomic mass is 32.1. The maximum absolute atomic E-state index is 12.9. The molecule has 1 heterocycles. The van der Waals surface area contributed by atoms with E-state index >= 15 is 0 Å². The number of aromatic nitrogens is 1. The number of aryl methyl sites for hydroxylation is 2. The topological polar surface area (TPSA) is 33.2 Å². The van der Waals surface area contributed by atoms with Crippen LogP contribution in [-0.4, -0.2) is 22.8 Å². The molecule has 1 aromatic heterocycles. The Kier molecular flexibility index (Phi) is 3.85. The van der Waals surface area contributed by atoms with Crippen LogP contribution in [0.3, 0.4) is 0 Å². The van der Waals surface area contributed by atoms with Crippen LogP contribution in [0.4, 0.5) is 0 Å². The van der Waals surface area contributed by atoms with Crippen molar-refractivity contribution < 1.29 is 4.79 Å². The van der Waals surface area contributed by atoms with E-state index in [2.05, 4.69) is 18.2 Å². The number of carbonyl (C=O) groups excluding carboxylic acids is 1. The molecule has 1 atom stereocenters. The Morgan fingerprint density at radius 3 is 2.79 bits per heavy atom. The fourth-order valence-corrected chi connectivity index (χ4v) is 4.38. The summed E-state index contributed by atoms with van der Waals surface area (Å²) < 4.78 is 1.16. The second-order valence-electron chi connectivity index (χ2n) is 6.45. The molecule has 4 heteroatoms. The van der Waals surface area contributed by atoms with Gasteiger partial charge in [-0.15, -0.1) is 11.3 Å². The summed E-state index contributed by atoms with van der Waals surface area (Å²) in [5, 5.41) is 0.980. The molecule has 0 saturated carbocycles. The molecule has 0 saturated heterocycles. The van der Waals surface area contributed by atoms with Crippen LogP contribution in [0.2, 0.25) is 0 Å². The molecule has 0 bridgehead atoms. The number of benzene rings is 2. The Morgan fingerprint density at radius 2 is 1.96 bits per heavy atom. The lowest BCUT2D eigenvalue weighted by molar-refractivity contribution is 0.0742. The fraction of sp³-hybridized carbons (Fsp3) is 0.300. The minimum absolute atomic E-state index is 0.0387. The molecule has 1 aliphatic rings. The van der Waals surface area contributed by atoms with Gasteiger partial charge in [-0.25, -0.2) is 4.98 Å². The van der Waals surface area contributed by atoms with Gasteiger partial charge in [0.2, 0.25) is 0 Å². The first-order chi connectivity index (χ1) is 11.6. The summed E-state index contributed by atoms with van der Waals surface area (Å²) >= 11 is 1.66. The van der Waals surface area contributed by atoms with E-state index in [9.17, 15) is 4.79 Å². The van der Waals surface area contributed by atoms with E-state index in [1.807, 2.05) is 38.2 Å². The highest BCUT2D eigenvalue weighted by molar-refractivity contribution is 7.18. The Bertz CT molecular complexity index is 882. The van der Waals surface area contributed by atoms with Crippen molar-refractivity contribution in [3.63, 3.8) is 0 Å². The highest BCUT2D eigenvalue weighted by Gasteiger charge is 2.23. The number of hydrogen-bond acceptors (Lipinski definition) is 3. The number of nitrogens with zero attached hydrogens (tertiary/aromatic N) is 2. The Labute approximate surface area is 146 Å². The van der Waals surface area contributed by atoms with Crippen molar-refractivity contribution in [2.45, 2.75) is 32.2 Å². The number of para-hydroxylation sites is 1. The first-order valence-corrected chi connectivity index (χ1v) is 9.19. The van der Waals surface area contributed by atoms with Crippen LogP contribution >= 0.6 is 11.3 Å². The van der Waals surface area contributed by atoms with Crippen LogP contribution in [0.5, 0.6) is 0 Å². The number of carbonyl (C=O) groups is 1. The van der Waals surface area contributed by atoms with Crippen LogP contribution in [-0.2, 0) is 12.8 Å². The molecular weight excluding hydrogens is 316 g/mol. The lowest BCUT2D eigenvalue weighted by Gasteiger charge is -2.23. The summed E-state index contributed by atoms with van der Waals surface area (Å²) in [4.78, 5) is 19.4. The molecule has 0 radical (unpaired) electrons. The average Bonchev–Trinajstić information content (AvgIpc) is 3.25. The van der Waals surface area contributed by atoms with Crippen LogP contribution in [0.25, 0.3) is 10.2 Å². The van der Waals surface area contributed by atoms with E-state index in [4.69, 9.17) is 4.98 Å². The lowest BCUT2D eigenvalue weighted by Crippen LogP contribution is -2.29. The van der Waals surface area contributed by atoms with E-state index in [0.29, 0.717) is 0 Å². The zero-order valence-corrected chi connectivity index (χ0v) is 14.8. The molecular formula is C20H20N2OS. The van der Waals surface area contributed by atoms with Gasteiger partial charge >= 0.3 is 0 Å². The molecule has 24 heavy (non-hydrogen) atoms. The van der Waals surface area contributed by atoms with Gasteiger partial charge in [0.15, 0.2) is 0 Å².